The molecule has 0 aliphatic carbocycles. The number of nitrogens with zero attached hydrogens (tertiary/aromatic N) is 3. The lowest BCUT2D eigenvalue weighted by atomic mass is 10.2. The van der Waals surface area contributed by atoms with Gasteiger partial charge in [-0.15, -0.1) is 11.3 Å². The number of aromatic nitrogens is 3. The first-order valence-corrected chi connectivity index (χ1v) is 7.00. The summed E-state index contributed by atoms with van der Waals surface area (Å²) in [7, 11) is 1.62. The zero-order chi connectivity index (χ0) is 13.2. The summed E-state index contributed by atoms with van der Waals surface area (Å²) in [6.07, 6.45) is 9.71. The van der Waals surface area contributed by atoms with Crippen molar-refractivity contribution in [1.29, 1.82) is 0 Å². The first kappa shape index (κ1) is 12.1. The lowest BCUT2D eigenvalue weighted by molar-refractivity contribution is 0.0967. The molecule has 1 N–H and O–H groups in total. The zero-order valence-corrected chi connectivity index (χ0v) is 11.4. The van der Waals surface area contributed by atoms with Crippen LogP contribution in [0.4, 0.5) is 0 Å². The lowest BCUT2D eigenvalue weighted by Gasteiger charge is -1.93. The summed E-state index contributed by atoms with van der Waals surface area (Å²) in [6, 6.07) is 0. The molecule has 0 spiro atoms. The van der Waals surface area contributed by atoms with E-state index in [1.165, 1.54) is 23.5 Å². The third kappa shape index (κ3) is 2.31. The Kier molecular flexibility index (Phi) is 3.16. The predicted octanol–water partition coefficient (Wildman–Crippen LogP) is 1.82. The van der Waals surface area contributed by atoms with Gasteiger partial charge < -0.3 is 5.32 Å². The van der Waals surface area contributed by atoms with Crippen LogP contribution in [0.15, 0.2) is 12.4 Å². The quantitative estimate of drug-likeness (QED) is 0.928. The van der Waals surface area contributed by atoms with E-state index >= 15 is 0 Å². The number of nitrogens with one attached hydrogen (secondary N) is 1. The van der Waals surface area contributed by atoms with Gasteiger partial charge in [-0.3, -0.25) is 9.48 Å². The number of fused-ring (bicyclic) bond motifs is 1. The van der Waals surface area contributed by atoms with Crippen molar-refractivity contribution < 1.29 is 4.79 Å². The Morgan fingerprint density at radius 3 is 3.21 bits per heavy atom. The molecule has 5 nitrogen and oxygen atoms in total. The maximum absolute atomic E-state index is 11.4. The first-order valence-electron chi connectivity index (χ1n) is 6.18. The molecular formula is C13H14N4OS. The van der Waals surface area contributed by atoms with Gasteiger partial charge in [0.2, 0.25) is 0 Å². The Balaban J connectivity index is 1.79. The van der Waals surface area contributed by atoms with Gasteiger partial charge in [0.05, 0.1) is 12.4 Å². The lowest BCUT2D eigenvalue weighted by Crippen LogP contribution is -2.16. The Hall–Kier alpha value is -1.95. The monoisotopic (exact) mass is 274 g/mol. The second-order valence-corrected chi connectivity index (χ2v) is 5.41. The molecule has 0 radical (unpaired) electrons. The van der Waals surface area contributed by atoms with Crippen molar-refractivity contribution in [1.82, 2.24) is 20.1 Å². The van der Waals surface area contributed by atoms with Gasteiger partial charge in [0.1, 0.15) is 9.88 Å². The summed E-state index contributed by atoms with van der Waals surface area (Å²) < 4.78 is 2.05. The van der Waals surface area contributed by atoms with E-state index in [-0.39, 0.29) is 5.91 Å². The molecule has 2 aromatic rings. The van der Waals surface area contributed by atoms with Crippen molar-refractivity contribution in [3.63, 3.8) is 0 Å². The molecular weight excluding hydrogens is 260 g/mol. The van der Waals surface area contributed by atoms with Crippen molar-refractivity contribution in [2.24, 2.45) is 0 Å². The third-order valence-electron chi connectivity index (χ3n) is 3.14. The zero-order valence-electron chi connectivity index (χ0n) is 10.6. The Morgan fingerprint density at radius 1 is 1.47 bits per heavy atom. The molecule has 0 fully saturated rings. The van der Waals surface area contributed by atoms with Crippen LogP contribution in [-0.4, -0.2) is 27.7 Å². The highest BCUT2D eigenvalue weighted by Crippen LogP contribution is 2.21. The molecule has 1 aliphatic heterocycles. The van der Waals surface area contributed by atoms with Gasteiger partial charge >= 0.3 is 0 Å². The van der Waals surface area contributed by atoms with Gasteiger partial charge in [-0.05, 0) is 25.0 Å². The molecule has 3 heterocycles. The molecule has 0 bridgehead atoms. The summed E-state index contributed by atoms with van der Waals surface area (Å²) in [5.41, 5.74) is 2.44. The summed E-state index contributed by atoms with van der Waals surface area (Å²) >= 11 is 1.38. The molecule has 2 aromatic heterocycles. The van der Waals surface area contributed by atoms with Gasteiger partial charge in [-0.1, -0.05) is 0 Å². The summed E-state index contributed by atoms with van der Waals surface area (Å²) in [5, 5.41) is 7.76. The summed E-state index contributed by atoms with van der Waals surface area (Å²) in [6.45, 7) is 1.02. The smallest absolute Gasteiger partial charge is 0.262 e. The highest BCUT2D eigenvalue weighted by Gasteiger charge is 2.14. The topological polar surface area (TPSA) is 59.8 Å². The number of hydrogen-bond donors (Lipinski definition) is 1. The molecule has 0 saturated heterocycles. The van der Waals surface area contributed by atoms with E-state index in [4.69, 9.17) is 0 Å². The summed E-state index contributed by atoms with van der Waals surface area (Å²) in [4.78, 5) is 16.3. The number of thiazole rings is 1. The van der Waals surface area contributed by atoms with Crippen LogP contribution in [-0.2, 0) is 13.0 Å². The third-order valence-corrected chi connectivity index (χ3v) is 4.11. The normalized spacial score (nSPS) is 13.9. The minimum atomic E-state index is -0.0939. The standard InChI is InChI=1S/C13H14N4OS/c1-14-13(18)11-8-15-12(19-11)5-4-9-7-16-17-6-2-3-10(9)17/h4-5,7-8H,2-3,6H2,1H3,(H,14,18). The second-order valence-electron chi connectivity index (χ2n) is 4.35. The second kappa shape index (κ2) is 4.97. The largest absolute Gasteiger partial charge is 0.354 e. The number of aryl methyl sites for hydroxylation is 1. The van der Waals surface area contributed by atoms with E-state index in [0.29, 0.717) is 4.88 Å². The van der Waals surface area contributed by atoms with E-state index in [2.05, 4.69) is 20.1 Å². The molecule has 1 aliphatic rings. The first-order chi connectivity index (χ1) is 9.28. The number of carbonyl (C=O) groups excluding carboxylic acids is 1. The van der Waals surface area contributed by atoms with Gasteiger partial charge in [-0.25, -0.2) is 4.98 Å². The van der Waals surface area contributed by atoms with E-state index in [1.54, 1.807) is 13.2 Å². The van der Waals surface area contributed by atoms with Gasteiger partial charge in [0.15, 0.2) is 0 Å². The average molecular weight is 274 g/mol. The number of hydrogen-bond acceptors (Lipinski definition) is 4. The van der Waals surface area contributed by atoms with Crippen molar-refractivity contribution >= 4 is 29.4 Å². The van der Waals surface area contributed by atoms with Gasteiger partial charge in [0, 0.05) is 24.8 Å². The number of rotatable bonds is 3. The molecule has 19 heavy (non-hydrogen) atoms. The molecule has 3 rings (SSSR count). The van der Waals surface area contributed by atoms with Crippen LogP contribution in [0.3, 0.4) is 0 Å². The maximum atomic E-state index is 11.4. The van der Waals surface area contributed by atoms with Crippen LogP contribution in [0.2, 0.25) is 0 Å². The minimum absolute atomic E-state index is 0.0939. The predicted molar refractivity (Wildman–Crippen MR) is 75.0 cm³/mol. The van der Waals surface area contributed by atoms with Crippen molar-refractivity contribution in [2.45, 2.75) is 19.4 Å². The number of carbonyl (C=O) groups is 1. The Labute approximate surface area is 115 Å². The fourth-order valence-electron chi connectivity index (χ4n) is 2.18. The van der Waals surface area contributed by atoms with Gasteiger partial charge in [-0.2, -0.15) is 5.10 Å². The molecule has 1 amide bonds. The molecule has 0 atom stereocenters. The van der Waals surface area contributed by atoms with Crippen LogP contribution >= 0.6 is 11.3 Å². The van der Waals surface area contributed by atoms with Crippen molar-refractivity contribution in [3.8, 4) is 0 Å². The van der Waals surface area contributed by atoms with Crippen molar-refractivity contribution in [2.75, 3.05) is 7.05 Å². The van der Waals surface area contributed by atoms with Crippen LogP contribution in [0.25, 0.3) is 12.2 Å². The minimum Gasteiger partial charge on any atom is -0.354 e. The van der Waals surface area contributed by atoms with E-state index in [9.17, 15) is 4.79 Å². The summed E-state index contributed by atoms with van der Waals surface area (Å²) in [5.74, 6) is -0.0939. The van der Waals surface area contributed by atoms with Gasteiger partial charge in [0.25, 0.3) is 5.91 Å². The number of amides is 1. The van der Waals surface area contributed by atoms with Crippen LogP contribution in [0.1, 0.15) is 32.4 Å². The maximum Gasteiger partial charge on any atom is 0.262 e. The van der Waals surface area contributed by atoms with Crippen molar-refractivity contribution in [3.05, 3.63) is 33.5 Å². The fourth-order valence-corrected chi connectivity index (χ4v) is 2.95. The molecule has 98 valence electrons. The van der Waals surface area contributed by atoms with Crippen LogP contribution in [0, 0.1) is 0 Å². The SMILES string of the molecule is CNC(=O)c1cnc(C=Cc2cnn3c2CCC3)s1. The molecule has 6 heteroatoms. The van der Waals surface area contributed by atoms with Crippen LogP contribution < -0.4 is 5.32 Å². The fraction of sp³-hybridized carbons (Fsp3) is 0.308. The molecule has 0 saturated carbocycles. The molecule has 0 unspecified atom stereocenters. The molecule has 0 aromatic carbocycles. The average Bonchev–Trinajstić information content (AvgIpc) is 3.12. The highest BCUT2D eigenvalue weighted by molar-refractivity contribution is 7.14. The van der Waals surface area contributed by atoms with Crippen LogP contribution in [0.5, 0.6) is 0 Å². The Bertz CT molecular complexity index is 641. The highest BCUT2D eigenvalue weighted by atomic mass is 32.1. The Morgan fingerprint density at radius 2 is 2.37 bits per heavy atom. The van der Waals surface area contributed by atoms with E-state index < -0.39 is 0 Å². The van der Waals surface area contributed by atoms with E-state index in [1.807, 2.05) is 18.3 Å². The van der Waals surface area contributed by atoms with E-state index in [0.717, 1.165) is 23.5 Å².